The van der Waals surface area contributed by atoms with E-state index in [9.17, 15) is 0 Å². The largest absolute Gasteiger partial charge is 0.198 e. The highest BCUT2D eigenvalue weighted by molar-refractivity contribution is 8.03. The predicted octanol–water partition coefficient (Wildman–Crippen LogP) is 7.22. The third-order valence-corrected chi connectivity index (χ3v) is 9.02. The van der Waals surface area contributed by atoms with Crippen LogP contribution in [0.1, 0.15) is 12.8 Å². The molecule has 2 nitrogen and oxygen atoms in total. The van der Waals surface area contributed by atoms with Gasteiger partial charge in [-0.2, -0.15) is 10.5 Å². The molecule has 0 aliphatic carbocycles. The Bertz CT molecular complexity index is 879. The monoisotopic (exact) mass is 418 g/mol. The van der Waals surface area contributed by atoms with Gasteiger partial charge in [0.05, 0.1) is 21.2 Å². The average molecular weight is 419 g/mol. The molecule has 3 rings (SSSR count). The zero-order valence-electron chi connectivity index (χ0n) is 13.2. The van der Waals surface area contributed by atoms with Crippen LogP contribution in [0.5, 0.6) is 0 Å². The van der Waals surface area contributed by atoms with E-state index >= 15 is 0 Å². The summed E-state index contributed by atoms with van der Waals surface area (Å²) in [7, 11) is 0. The van der Waals surface area contributed by atoms with E-state index in [0.29, 0.717) is 12.8 Å². The van der Waals surface area contributed by atoms with E-state index in [-0.39, 0.29) is 0 Å². The normalized spacial score (nSPS) is 10.5. The summed E-state index contributed by atoms with van der Waals surface area (Å²) in [4.78, 5) is 5.12. The van der Waals surface area contributed by atoms with E-state index in [1.54, 1.807) is 46.2 Å². The van der Waals surface area contributed by atoms with Crippen molar-refractivity contribution >= 4 is 57.5 Å². The smallest absolute Gasteiger partial charge is 0.0748 e. The molecule has 3 aromatic heterocycles. The van der Waals surface area contributed by atoms with E-state index in [4.69, 9.17) is 10.5 Å². The van der Waals surface area contributed by atoms with Crippen LogP contribution < -0.4 is 0 Å². The third-order valence-electron chi connectivity index (χ3n) is 3.25. The molecule has 0 radical (unpaired) electrons. The molecule has 126 valence electrons. The van der Waals surface area contributed by atoms with Gasteiger partial charge in [-0.1, -0.05) is 12.1 Å². The highest BCUT2D eigenvalue weighted by Gasteiger charge is 2.22. The number of thiophene rings is 3. The van der Waals surface area contributed by atoms with Crippen LogP contribution in [0.3, 0.4) is 0 Å². The van der Waals surface area contributed by atoms with E-state index in [0.717, 1.165) is 11.5 Å². The maximum atomic E-state index is 8.90. The molecule has 0 spiro atoms. The highest BCUT2D eigenvalue weighted by atomic mass is 32.2. The van der Waals surface area contributed by atoms with Gasteiger partial charge in [0.1, 0.15) is 0 Å². The fraction of sp³-hybridized carbons (Fsp3) is 0.222. The first-order valence-electron chi connectivity index (χ1n) is 7.59. The molecule has 0 aromatic carbocycles. The molecule has 0 bridgehead atoms. The van der Waals surface area contributed by atoms with Crippen LogP contribution in [-0.2, 0) is 0 Å². The fourth-order valence-corrected chi connectivity index (χ4v) is 7.89. The van der Waals surface area contributed by atoms with Gasteiger partial charge in [-0.05, 0) is 22.9 Å². The zero-order valence-corrected chi connectivity index (χ0v) is 17.3. The molecule has 0 aliphatic rings. The van der Waals surface area contributed by atoms with Crippen molar-refractivity contribution in [3.05, 3.63) is 35.0 Å². The quantitative estimate of drug-likeness (QED) is 0.286. The van der Waals surface area contributed by atoms with Crippen LogP contribution in [0.2, 0.25) is 0 Å². The summed E-state index contributed by atoms with van der Waals surface area (Å²) in [6.07, 6.45) is 1.09. The van der Waals surface area contributed by atoms with Gasteiger partial charge < -0.3 is 0 Å². The molecular weight excluding hydrogens is 405 g/mol. The fourth-order valence-electron chi connectivity index (χ4n) is 2.24. The maximum Gasteiger partial charge on any atom is 0.0748 e. The Morgan fingerprint density at radius 2 is 1.52 bits per heavy atom. The molecule has 0 aliphatic heterocycles. The standard InChI is InChI=1S/C18H14N2S5/c19-7-3-11-23-17-15(13-5-1-9-21-13)16(14-6-2-10-22-14)25-18(17)24-12-4-8-20/h1-2,5-6,9-10H,3-4,11-12H2. The van der Waals surface area contributed by atoms with Gasteiger partial charge in [0.15, 0.2) is 0 Å². The van der Waals surface area contributed by atoms with Crippen molar-refractivity contribution in [3.8, 4) is 32.3 Å². The Morgan fingerprint density at radius 1 is 0.880 bits per heavy atom. The van der Waals surface area contributed by atoms with Gasteiger partial charge in [0.25, 0.3) is 0 Å². The molecule has 3 aromatic rings. The van der Waals surface area contributed by atoms with E-state index < -0.39 is 0 Å². The summed E-state index contributed by atoms with van der Waals surface area (Å²) in [6.45, 7) is 0. The summed E-state index contributed by atoms with van der Waals surface area (Å²) < 4.78 is 1.27. The first kappa shape index (κ1) is 18.6. The lowest BCUT2D eigenvalue weighted by atomic mass is 10.2. The van der Waals surface area contributed by atoms with Crippen molar-refractivity contribution < 1.29 is 0 Å². The molecule has 3 heterocycles. The van der Waals surface area contributed by atoms with Crippen LogP contribution in [0.25, 0.3) is 20.2 Å². The molecule has 0 saturated carbocycles. The first-order chi connectivity index (χ1) is 12.3. The lowest BCUT2D eigenvalue weighted by Gasteiger charge is -2.06. The summed E-state index contributed by atoms with van der Waals surface area (Å²) in [5.74, 6) is 1.60. The molecule has 25 heavy (non-hydrogen) atoms. The Morgan fingerprint density at radius 3 is 2.12 bits per heavy atom. The molecular formula is C18H14N2S5. The topological polar surface area (TPSA) is 47.6 Å². The minimum absolute atomic E-state index is 0.543. The van der Waals surface area contributed by atoms with Crippen LogP contribution in [0.15, 0.2) is 44.1 Å². The molecule has 0 fully saturated rings. The molecule has 0 amide bonds. The maximum absolute atomic E-state index is 8.90. The van der Waals surface area contributed by atoms with E-state index in [1.165, 1.54) is 29.3 Å². The van der Waals surface area contributed by atoms with Crippen molar-refractivity contribution in [1.29, 1.82) is 10.5 Å². The average Bonchev–Trinajstić information content (AvgIpc) is 3.36. The third kappa shape index (κ3) is 4.49. The van der Waals surface area contributed by atoms with Crippen molar-refractivity contribution in [2.45, 2.75) is 21.9 Å². The lowest BCUT2D eigenvalue weighted by molar-refractivity contribution is 1.22. The molecule has 0 saturated heterocycles. The second-order valence-electron chi connectivity index (χ2n) is 4.89. The number of hydrogen-bond donors (Lipinski definition) is 0. The molecule has 0 N–H and O–H groups in total. The SMILES string of the molecule is N#CCCSc1sc(-c2cccs2)c(-c2cccs2)c1SCCC#N. The van der Waals surface area contributed by atoms with Gasteiger partial charge in [0.2, 0.25) is 0 Å². The summed E-state index contributed by atoms with van der Waals surface area (Å²) in [6, 6.07) is 13.0. The Balaban J connectivity index is 2.06. The summed E-state index contributed by atoms with van der Waals surface area (Å²) >= 11 is 8.86. The van der Waals surface area contributed by atoms with E-state index in [1.807, 2.05) is 11.3 Å². The number of nitriles is 2. The molecule has 0 atom stereocenters. The van der Waals surface area contributed by atoms with Gasteiger partial charge >= 0.3 is 0 Å². The second kappa shape index (κ2) is 9.47. The first-order valence-corrected chi connectivity index (χ1v) is 12.1. The van der Waals surface area contributed by atoms with Crippen molar-refractivity contribution in [2.75, 3.05) is 11.5 Å². The van der Waals surface area contributed by atoms with Gasteiger partial charge in [0, 0.05) is 44.6 Å². The van der Waals surface area contributed by atoms with Gasteiger partial charge in [-0.25, -0.2) is 0 Å². The summed E-state index contributed by atoms with van der Waals surface area (Å²) in [5, 5.41) is 22.0. The minimum Gasteiger partial charge on any atom is -0.198 e. The lowest BCUT2D eigenvalue weighted by Crippen LogP contribution is -1.82. The highest BCUT2D eigenvalue weighted by Crippen LogP contribution is 2.53. The Labute approximate surface area is 168 Å². The predicted molar refractivity (Wildman–Crippen MR) is 113 cm³/mol. The van der Waals surface area contributed by atoms with E-state index in [2.05, 4.69) is 47.2 Å². The number of nitrogens with zero attached hydrogens (tertiary/aromatic N) is 2. The van der Waals surface area contributed by atoms with Crippen LogP contribution in [0.4, 0.5) is 0 Å². The van der Waals surface area contributed by atoms with Gasteiger partial charge in [-0.15, -0.1) is 57.5 Å². The van der Waals surface area contributed by atoms with Crippen LogP contribution in [0, 0.1) is 22.7 Å². The van der Waals surface area contributed by atoms with Crippen molar-refractivity contribution in [1.82, 2.24) is 0 Å². The zero-order chi connectivity index (χ0) is 17.5. The van der Waals surface area contributed by atoms with Crippen molar-refractivity contribution in [2.24, 2.45) is 0 Å². The number of hydrogen-bond acceptors (Lipinski definition) is 7. The minimum atomic E-state index is 0.543. The summed E-state index contributed by atoms with van der Waals surface area (Å²) in [5.41, 5.74) is 1.30. The van der Waals surface area contributed by atoms with Crippen LogP contribution in [-0.4, -0.2) is 11.5 Å². The van der Waals surface area contributed by atoms with Crippen LogP contribution >= 0.6 is 57.5 Å². The number of thioether (sulfide) groups is 2. The second-order valence-corrected chi connectivity index (χ2v) is 10.3. The Hall–Kier alpha value is -1.22. The van der Waals surface area contributed by atoms with Gasteiger partial charge in [-0.3, -0.25) is 0 Å². The number of rotatable bonds is 8. The molecule has 7 heteroatoms. The molecule has 0 unspecified atom stereocenters. The Kier molecular flexibility index (Phi) is 7.03. The van der Waals surface area contributed by atoms with Crippen molar-refractivity contribution in [3.63, 3.8) is 0 Å².